The minimum atomic E-state index is 1.07. The van der Waals surface area contributed by atoms with E-state index in [1.807, 2.05) is 0 Å². The molecule has 0 atom stereocenters. The second-order valence-corrected chi connectivity index (χ2v) is 4.85. The lowest BCUT2D eigenvalue weighted by atomic mass is 10.1. The molecule has 0 aliphatic carbocycles. The third-order valence-corrected chi connectivity index (χ3v) is 3.44. The molecule has 1 heteroatoms. The van der Waals surface area contributed by atoms with Gasteiger partial charge in [0, 0.05) is 18.8 Å². The van der Waals surface area contributed by atoms with Gasteiger partial charge in [0.2, 0.25) is 0 Å². The summed E-state index contributed by atoms with van der Waals surface area (Å²) in [4.78, 5) is 2.39. The minimum absolute atomic E-state index is 1.07. The highest BCUT2D eigenvalue weighted by Crippen LogP contribution is 2.18. The van der Waals surface area contributed by atoms with Gasteiger partial charge in [-0.05, 0) is 30.5 Å². The SMILES string of the molecule is CCCCCCc1ccc(N2CC=CC2)cc1. The number of hydrogen-bond acceptors (Lipinski definition) is 1. The summed E-state index contributed by atoms with van der Waals surface area (Å²) in [6, 6.07) is 9.11. The number of unbranched alkanes of at least 4 members (excludes halogenated alkanes) is 3. The van der Waals surface area contributed by atoms with Crippen LogP contribution in [0.3, 0.4) is 0 Å². The molecule has 0 amide bonds. The maximum Gasteiger partial charge on any atom is 0.0372 e. The van der Waals surface area contributed by atoms with Gasteiger partial charge in [-0.1, -0.05) is 50.5 Å². The molecular weight excluding hydrogens is 206 g/mol. The Balaban J connectivity index is 1.81. The predicted molar refractivity (Wildman–Crippen MR) is 75.6 cm³/mol. The number of hydrogen-bond donors (Lipinski definition) is 0. The fourth-order valence-electron chi connectivity index (χ4n) is 2.32. The van der Waals surface area contributed by atoms with Gasteiger partial charge in [-0.3, -0.25) is 0 Å². The highest BCUT2D eigenvalue weighted by molar-refractivity contribution is 5.50. The zero-order chi connectivity index (χ0) is 11.9. The number of aryl methyl sites for hydroxylation is 1. The molecule has 0 radical (unpaired) electrons. The lowest BCUT2D eigenvalue weighted by Gasteiger charge is -2.17. The van der Waals surface area contributed by atoms with Crippen LogP contribution < -0.4 is 4.90 Å². The smallest absolute Gasteiger partial charge is 0.0372 e. The van der Waals surface area contributed by atoms with E-state index in [1.165, 1.54) is 43.4 Å². The van der Waals surface area contributed by atoms with Crippen LogP contribution in [-0.2, 0) is 6.42 Å². The van der Waals surface area contributed by atoms with Gasteiger partial charge in [0.05, 0.1) is 0 Å². The highest BCUT2D eigenvalue weighted by atomic mass is 15.1. The lowest BCUT2D eigenvalue weighted by molar-refractivity contribution is 0.667. The second-order valence-electron chi connectivity index (χ2n) is 4.85. The van der Waals surface area contributed by atoms with E-state index in [1.54, 1.807) is 0 Å². The van der Waals surface area contributed by atoms with Crippen LogP contribution in [0.5, 0.6) is 0 Å². The summed E-state index contributed by atoms with van der Waals surface area (Å²) in [5, 5.41) is 0. The molecule has 0 bridgehead atoms. The second kappa shape index (κ2) is 6.48. The van der Waals surface area contributed by atoms with Crippen molar-refractivity contribution in [2.24, 2.45) is 0 Å². The molecule has 0 saturated heterocycles. The van der Waals surface area contributed by atoms with Crippen LogP contribution in [0.2, 0.25) is 0 Å². The highest BCUT2D eigenvalue weighted by Gasteiger charge is 2.06. The van der Waals surface area contributed by atoms with Gasteiger partial charge in [0.25, 0.3) is 0 Å². The van der Waals surface area contributed by atoms with Gasteiger partial charge in [-0.25, -0.2) is 0 Å². The number of benzene rings is 1. The Morgan fingerprint density at radius 1 is 0.941 bits per heavy atom. The monoisotopic (exact) mass is 229 g/mol. The van der Waals surface area contributed by atoms with E-state index in [9.17, 15) is 0 Å². The maximum atomic E-state index is 2.39. The number of nitrogens with zero attached hydrogens (tertiary/aromatic N) is 1. The third kappa shape index (κ3) is 3.62. The Labute approximate surface area is 105 Å². The van der Waals surface area contributed by atoms with Gasteiger partial charge >= 0.3 is 0 Å². The molecule has 1 heterocycles. The molecule has 0 unspecified atom stereocenters. The van der Waals surface area contributed by atoms with Crippen LogP contribution in [0.15, 0.2) is 36.4 Å². The van der Waals surface area contributed by atoms with E-state index in [2.05, 4.69) is 48.2 Å². The molecule has 1 aromatic rings. The zero-order valence-corrected chi connectivity index (χ0v) is 10.9. The maximum absolute atomic E-state index is 2.39. The van der Waals surface area contributed by atoms with Gasteiger partial charge in [0.15, 0.2) is 0 Å². The van der Waals surface area contributed by atoms with E-state index in [0.29, 0.717) is 0 Å². The fourth-order valence-corrected chi connectivity index (χ4v) is 2.32. The van der Waals surface area contributed by atoms with E-state index in [-0.39, 0.29) is 0 Å². The normalized spacial score (nSPS) is 14.5. The van der Waals surface area contributed by atoms with Crippen LogP contribution >= 0.6 is 0 Å². The summed E-state index contributed by atoms with van der Waals surface area (Å²) in [7, 11) is 0. The van der Waals surface area contributed by atoms with Gasteiger partial charge in [0.1, 0.15) is 0 Å². The van der Waals surface area contributed by atoms with Crippen molar-refractivity contribution in [3.8, 4) is 0 Å². The van der Waals surface area contributed by atoms with Crippen molar-refractivity contribution in [2.45, 2.75) is 39.0 Å². The Kier molecular flexibility index (Phi) is 4.66. The Morgan fingerprint density at radius 2 is 1.65 bits per heavy atom. The average molecular weight is 229 g/mol. The van der Waals surface area contributed by atoms with Gasteiger partial charge in [-0.2, -0.15) is 0 Å². The van der Waals surface area contributed by atoms with Crippen LogP contribution in [0.25, 0.3) is 0 Å². The van der Waals surface area contributed by atoms with Crippen LogP contribution in [0, 0.1) is 0 Å². The molecule has 0 saturated carbocycles. The van der Waals surface area contributed by atoms with Crippen molar-refractivity contribution < 1.29 is 0 Å². The Morgan fingerprint density at radius 3 is 2.29 bits per heavy atom. The van der Waals surface area contributed by atoms with Gasteiger partial charge in [-0.15, -0.1) is 0 Å². The molecule has 1 nitrogen and oxygen atoms in total. The van der Waals surface area contributed by atoms with Crippen LogP contribution in [-0.4, -0.2) is 13.1 Å². The molecular formula is C16H23N. The first kappa shape index (κ1) is 12.2. The van der Waals surface area contributed by atoms with Crippen molar-refractivity contribution in [1.29, 1.82) is 0 Å². The quantitative estimate of drug-likeness (QED) is 0.522. The van der Waals surface area contributed by atoms with E-state index >= 15 is 0 Å². The summed E-state index contributed by atoms with van der Waals surface area (Å²) in [5.41, 5.74) is 2.84. The van der Waals surface area contributed by atoms with Crippen molar-refractivity contribution >= 4 is 5.69 Å². The summed E-state index contributed by atoms with van der Waals surface area (Å²) >= 11 is 0. The number of rotatable bonds is 6. The molecule has 0 aromatic heterocycles. The van der Waals surface area contributed by atoms with Crippen LogP contribution in [0.1, 0.15) is 38.2 Å². The molecule has 1 aliphatic heterocycles. The lowest BCUT2D eigenvalue weighted by Crippen LogP contribution is -2.18. The first-order chi connectivity index (χ1) is 8.40. The minimum Gasteiger partial charge on any atom is -0.364 e. The van der Waals surface area contributed by atoms with Crippen LogP contribution in [0.4, 0.5) is 5.69 Å². The molecule has 17 heavy (non-hydrogen) atoms. The number of anilines is 1. The molecule has 0 N–H and O–H groups in total. The summed E-state index contributed by atoms with van der Waals surface area (Å²) in [5.74, 6) is 0. The Bertz CT molecular complexity index is 342. The van der Waals surface area contributed by atoms with Crippen molar-refractivity contribution in [3.05, 3.63) is 42.0 Å². The molecule has 1 aromatic carbocycles. The predicted octanol–water partition coefficient (Wildman–Crippen LogP) is 4.19. The summed E-state index contributed by atoms with van der Waals surface area (Å²) < 4.78 is 0. The average Bonchev–Trinajstić information content (AvgIpc) is 2.89. The largest absolute Gasteiger partial charge is 0.364 e. The molecule has 1 aliphatic rings. The first-order valence-electron chi connectivity index (χ1n) is 6.89. The third-order valence-electron chi connectivity index (χ3n) is 3.44. The first-order valence-corrected chi connectivity index (χ1v) is 6.89. The Hall–Kier alpha value is -1.24. The van der Waals surface area contributed by atoms with Crippen molar-refractivity contribution in [3.63, 3.8) is 0 Å². The molecule has 2 rings (SSSR count). The topological polar surface area (TPSA) is 3.24 Å². The molecule has 0 spiro atoms. The summed E-state index contributed by atoms with van der Waals surface area (Å²) in [6.45, 7) is 4.39. The van der Waals surface area contributed by atoms with Crippen molar-refractivity contribution in [2.75, 3.05) is 18.0 Å². The summed E-state index contributed by atoms with van der Waals surface area (Å²) in [6.07, 6.45) is 11.1. The standard InChI is InChI=1S/C16H23N/c1-2-3-4-5-8-15-9-11-16(12-10-15)17-13-6-7-14-17/h6-7,9-12H,2-5,8,13-14H2,1H3. The molecule has 92 valence electrons. The van der Waals surface area contributed by atoms with Gasteiger partial charge < -0.3 is 4.90 Å². The van der Waals surface area contributed by atoms with Crippen molar-refractivity contribution in [1.82, 2.24) is 0 Å². The zero-order valence-electron chi connectivity index (χ0n) is 10.9. The fraction of sp³-hybridized carbons (Fsp3) is 0.500. The van der Waals surface area contributed by atoms with E-state index < -0.39 is 0 Å². The van der Waals surface area contributed by atoms with E-state index in [4.69, 9.17) is 0 Å². The molecule has 0 fully saturated rings. The van der Waals surface area contributed by atoms with E-state index in [0.717, 1.165) is 13.1 Å².